The third-order valence-corrected chi connectivity index (χ3v) is 2.99. The Bertz CT molecular complexity index is 391. The molecule has 15 nitrogen and oxygen atoms in total. The van der Waals surface area contributed by atoms with Gasteiger partial charge in [-0.1, -0.05) is 0 Å². The molecule has 0 aromatic heterocycles. The van der Waals surface area contributed by atoms with Gasteiger partial charge in [0.05, 0.1) is 25.2 Å². The number of carboxylic acids is 2. The standard InChI is InChI=1S/2C6H12O7.K.H3N/c2*7-1-2(8)3(9)4(10)5(11)6(12)13;;/h2*2-5,7-11H,1H2,(H,12,13);;1H3/q;;+1;/p-1/t2*2-,3-,4+,5-;;/m11../s1. The third-order valence-electron chi connectivity index (χ3n) is 2.99. The fourth-order valence-electron chi connectivity index (χ4n) is 1.32. The van der Waals surface area contributed by atoms with E-state index >= 15 is 0 Å². The minimum atomic E-state index is -2.31. The van der Waals surface area contributed by atoms with Crippen LogP contribution in [0.25, 0.3) is 0 Å². The first kappa shape index (κ1) is 35.6. The molecule has 0 radical (unpaired) electrons. The Morgan fingerprint density at radius 2 is 0.821 bits per heavy atom. The van der Waals surface area contributed by atoms with Crippen LogP contribution in [0.1, 0.15) is 0 Å². The molecule has 0 aliphatic rings. The first-order chi connectivity index (χ1) is 11.8. The fourth-order valence-corrected chi connectivity index (χ4v) is 1.32. The van der Waals surface area contributed by atoms with Crippen molar-refractivity contribution in [2.75, 3.05) is 13.2 Å². The van der Waals surface area contributed by atoms with Crippen molar-refractivity contribution in [1.29, 1.82) is 0 Å². The molecule has 0 unspecified atom stereocenters. The van der Waals surface area contributed by atoms with Crippen LogP contribution in [0.5, 0.6) is 0 Å². The van der Waals surface area contributed by atoms with Gasteiger partial charge in [0.15, 0.2) is 0 Å². The maximum absolute atomic E-state index is 9.98. The van der Waals surface area contributed by atoms with Crippen molar-refractivity contribution >= 4 is 11.9 Å². The molecular formula is C12H26KNO14. The molecule has 28 heavy (non-hydrogen) atoms. The van der Waals surface area contributed by atoms with Crippen LogP contribution in [-0.4, -0.2) is 125 Å². The van der Waals surface area contributed by atoms with Crippen LogP contribution in [0.3, 0.4) is 0 Å². The van der Waals surface area contributed by atoms with Gasteiger partial charge in [-0.05, 0) is 0 Å². The number of carbonyl (C=O) groups excluding carboxylic acids is 2. The Hall–Kier alpha value is 0.136. The van der Waals surface area contributed by atoms with Crippen molar-refractivity contribution in [2.45, 2.75) is 48.8 Å². The normalized spacial score (nSPS) is 18.9. The summed E-state index contributed by atoms with van der Waals surface area (Å²) in [5.41, 5.74) is 0. The number of hydrogen-bond acceptors (Lipinski definition) is 14. The molecule has 0 saturated heterocycles. The van der Waals surface area contributed by atoms with Gasteiger partial charge in [0, 0.05) is 0 Å². The number of carbonyl (C=O) groups is 2. The number of aliphatic hydroxyl groups excluding tert-OH is 10. The second-order valence-electron chi connectivity index (χ2n) is 4.99. The predicted molar refractivity (Wildman–Crippen MR) is 78.2 cm³/mol. The molecule has 0 aliphatic heterocycles. The molecule has 164 valence electrons. The van der Waals surface area contributed by atoms with E-state index in [1.807, 2.05) is 0 Å². The largest absolute Gasteiger partial charge is 1.00 e. The van der Waals surface area contributed by atoms with Gasteiger partial charge < -0.3 is 77.0 Å². The smallest absolute Gasteiger partial charge is 0.547 e. The summed E-state index contributed by atoms with van der Waals surface area (Å²) in [6, 6.07) is 0. The average molecular weight is 447 g/mol. The summed E-state index contributed by atoms with van der Waals surface area (Å²) in [6.07, 6.45) is -16.2. The molecule has 14 N–H and O–H groups in total. The van der Waals surface area contributed by atoms with Gasteiger partial charge in [-0.2, -0.15) is 0 Å². The molecule has 8 atom stereocenters. The van der Waals surface area contributed by atoms with Crippen LogP contribution in [0.2, 0.25) is 0 Å². The number of aliphatic hydroxyl groups is 10. The molecule has 0 saturated carbocycles. The summed E-state index contributed by atoms with van der Waals surface area (Å²) < 4.78 is 0. The summed E-state index contributed by atoms with van der Waals surface area (Å²) in [6.45, 7) is -1.73. The minimum absolute atomic E-state index is 0. The zero-order valence-electron chi connectivity index (χ0n) is 15.1. The van der Waals surface area contributed by atoms with Gasteiger partial charge in [0.2, 0.25) is 0 Å². The second-order valence-corrected chi connectivity index (χ2v) is 4.99. The molecule has 0 fully saturated rings. The van der Waals surface area contributed by atoms with Gasteiger partial charge >= 0.3 is 51.4 Å². The topological polar surface area (TPSA) is 319 Å². The Labute approximate surface area is 201 Å². The van der Waals surface area contributed by atoms with Crippen molar-refractivity contribution in [2.24, 2.45) is 0 Å². The number of hydrogen-bond donors (Lipinski definition) is 11. The van der Waals surface area contributed by atoms with Gasteiger partial charge in [-0.25, -0.2) is 0 Å². The Morgan fingerprint density at radius 3 is 0.964 bits per heavy atom. The van der Waals surface area contributed by atoms with Crippen molar-refractivity contribution in [3.63, 3.8) is 0 Å². The first-order valence-corrected chi connectivity index (χ1v) is 6.91. The Kier molecular flexibility index (Phi) is 22.8. The summed E-state index contributed by atoms with van der Waals surface area (Å²) in [5, 5.41) is 107. The van der Waals surface area contributed by atoms with Gasteiger partial charge in [0.25, 0.3) is 0 Å². The van der Waals surface area contributed by atoms with Gasteiger partial charge in [0.1, 0.15) is 48.8 Å². The summed E-state index contributed by atoms with van der Waals surface area (Å²) in [5.74, 6) is -3.95. The molecule has 0 aromatic rings. The van der Waals surface area contributed by atoms with E-state index in [-0.39, 0.29) is 57.5 Å². The van der Waals surface area contributed by atoms with Crippen molar-refractivity contribution < 1.29 is 122 Å². The van der Waals surface area contributed by atoms with Gasteiger partial charge in [-0.3, -0.25) is 0 Å². The van der Waals surface area contributed by atoms with E-state index in [1.54, 1.807) is 0 Å². The third kappa shape index (κ3) is 12.6. The fraction of sp³-hybridized carbons (Fsp3) is 0.833. The van der Waals surface area contributed by atoms with Gasteiger partial charge in [-0.15, -0.1) is 0 Å². The van der Waals surface area contributed by atoms with E-state index in [0.717, 1.165) is 0 Å². The number of quaternary nitrogens is 1. The average Bonchev–Trinajstić information content (AvgIpc) is 2.62. The van der Waals surface area contributed by atoms with Crippen LogP contribution in [-0.2, 0) is 9.59 Å². The maximum Gasteiger partial charge on any atom is 1.00 e. The van der Waals surface area contributed by atoms with Crippen LogP contribution < -0.4 is 67.7 Å². The molecule has 0 rings (SSSR count). The maximum atomic E-state index is 9.98. The zero-order valence-corrected chi connectivity index (χ0v) is 18.3. The SMILES string of the molecule is O=C([O-])[C@H](O)[C@@H](O)[C@H](O)[C@H](O)CO.O=C([O-])[C@H](O)[C@@H](O)[C@H](O)[C@H](O)CO.[K+].[NH4+]. The monoisotopic (exact) mass is 447 g/mol. The molecule has 16 heteroatoms. The predicted octanol–water partition coefficient (Wildman–Crippen LogP) is -12.3. The van der Waals surface area contributed by atoms with Crippen molar-refractivity contribution in [1.82, 2.24) is 6.15 Å². The van der Waals surface area contributed by atoms with Crippen molar-refractivity contribution in [3.05, 3.63) is 0 Å². The molecule has 0 aliphatic carbocycles. The molecule has 0 heterocycles. The van der Waals surface area contributed by atoms with E-state index in [0.29, 0.717) is 0 Å². The van der Waals surface area contributed by atoms with E-state index in [1.165, 1.54) is 0 Å². The molecule has 0 aromatic carbocycles. The second kappa shape index (κ2) is 17.9. The Morgan fingerprint density at radius 1 is 0.607 bits per heavy atom. The van der Waals surface area contributed by atoms with Crippen LogP contribution in [0.15, 0.2) is 0 Å². The molecule has 0 bridgehead atoms. The molecule has 0 spiro atoms. The van der Waals surface area contributed by atoms with E-state index in [9.17, 15) is 19.8 Å². The molecule has 0 amide bonds. The van der Waals surface area contributed by atoms with E-state index in [4.69, 9.17) is 51.1 Å². The molecular weight excluding hydrogens is 421 g/mol. The van der Waals surface area contributed by atoms with E-state index in [2.05, 4.69) is 0 Å². The van der Waals surface area contributed by atoms with E-state index < -0.39 is 74.0 Å². The summed E-state index contributed by atoms with van der Waals surface area (Å²) in [4.78, 5) is 20.0. The summed E-state index contributed by atoms with van der Waals surface area (Å²) >= 11 is 0. The number of aliphatic carboxylic acids is 2. The quantitative estimate of drug-likeness (QED) is 0.138. The zero-order chi connectivity index (χ0) is 21.2. The van der Waals surface area contributed by atoms with Crippen LogP contribution in [0.4, 0.5) is 0 Å². The number of carboxylic acid groups (broad SMARTS) is 2. The number of rotatable bonds is 10. The van der Waals surface area contributed by atoms with Crippen LogP contribution >= 0.6 is 0 Å². The van der Waals surface area contributed by atoms with Crippen LogP contribution in [0, 0.1) is 0 Å². The minimum Gasteiger partial charge on any atom is -0.547 e. The van der Waals surface area contributed by atoms with Crippen molar-refractivity contribution in [3.8, 4) is 0 Å². The summed E-state index contributed by atoms with van der Waals surface area (Å²) in [7, 11) is 0. The Balaban J connectivity index is -0.000000192. The first-order valence-electron chi connectivity index (χ1n) is 6.91.